The summed E-state index contributed by atoms with van der Waals surface area (Å²) in [6, 6.07) is 24.2. The van der Waals surface area contributed by atoms with Crippen LogP contribution in [0.1, 0.15) is 60.5 Å². The standard InChI is InChI=1S/C28H31N3O3/c1-2-3-4-8-18-27(32)30-25-16-11-15-23(19-25)28(33)31-29-20-24-14-9-10-17-26(24)34-21-22-12-6-5-7-13-22/h5-7,9-17,19-20H,2-4,8,18,21H2,1H3,(H,30,32)(H,31,33)/b29-20+. The van der Waals surface area contributed by atoms with E-state index in [4.69, 9.17) is 4.74 Å². The molecule has 0 spiro atoms. The van der Waals surface area contributed by atoms with Crippen molar-refractivity contribution >= 4 is 23.7 Å². The van der Waals surface area contributed by atoms with Gasteiger partial charge >= 0.3 is 0 Å². The Morgan fingerprint density at radius 3 is 2.53 bits per heavy atom. The fourth-order valence-electron chi connectivity index (χ4n) is 3.35. The number of nitrogens with one attached hydrogen (secondary N) is 2. The highest BCUT2D eigenvalue weighted by Gasteiger charge is 2.08. The van der Waals surface area contributed by atoms with Crippen LogP contribution < -0.4 is 15.5 Å². The number of hydrogen-bond acceptors (Lipinski definition) is 4. The number of benzene rings is 3. The molecule has 0 atom stereocenters. The molecule has 0 fully saturated rings. The van der Waals surface area contributed by atoms with E-state index in [0.717, 1.165) is 36.8 Å². The van der Waals surface area contributed by atoms with Crippen LogP contribution in [-0.2, 0) is 11.4 Å². The molecule has 34 heavy (non-hydrogen) atoms. The Balaban J connectivity index is 1.54. The van der Waals surface area contributed by atoms with Crippen LogP contribution in [0, 0.1) is 0 Å². The SMILES string of the molecule is CCCCCCC(=O)Nc1cccc(C(=O)N/N=C/c2ccccc2OCc2ccccc2)c1. The minimum atomic E-state index is -0.363. The average Bonchev–Trinajstić information content (AvgIpc) is 2.87. The summed E-state index contributed by atoms with van der Waals surface area (Å²) in [4.78, 5) is 24.7. The largest absolute Gasteiger partial charge is 0.488 e. The van der Waals surface area contributed by atoms with Gasteiger partial charge in [-0.25, -0.2) is 5.43 Å². The first-order chi connectivity index (χ1) is 16.7. The zero-order valence-electron chi connectivity index (χ0n) is 19.5. The first-order valence-electron chi connectivity index (χ1n) is 11.6. The van der Waals surface area contributed by atoms with Crippen molar-refractivity contribution in [3.8, 4) is 5.75 Å². The minimum absolute atomic E-state index is 0.0428. The maximum Gasteiger partial charge on any atom is 0.271 e. The van der Waals surface area contributed by atoms with Gasteiger partial charge in [0.1, 0.15) is 12.4 Å². The van der Waals surface area contributed by atoms with E-state index in [-0.39, 0.29) is 11.8 Å². The molecule has 0 radical (unpaired) electrons. The molecule has 0 aliphatic rings. The summed E-state index contributed by atoms with van der Waals surface area (Å²) in [5.74, 6) is 0.268. The van der Waals surface area contributed by atoms with Crippen LogP contribution in [0.15, 0.2) is 84.0 Å². The van der Waals surface area contributed by atoms with Gasteiger partial charge in [-0.3, -0.25) is 9.59 Å². The Morgan fingerprint density at radius 2 is 1.71 bits per heavy atom. The number of para-hydroxylation sites is 1. The second-order valence-electron chi connectivity index (χ2n) is 7.95. The van der Waals surface area contributed by atoms with Gasteiger partial charge in [-0.2, -0.15) is 5.10 Å². The predicted octanol–water partition coefficient (Wildman–Crippen LogP) is 5.94. The monoisotopic (exact) mass is 457 g/mol. The zero-order valence-corrected chi connectivity index (χ0v) is 19.5. The van der Waals surface area contributed by atoms with Gasteiger partial charge in [0.05, 0.1) is 6.21 Å². The number of hydrogen-bond donors (Lipinski definition) is 2. The summed E-state index contributed by atoms with van der Waals surface area (Å²) in [5, 5.41) is 6.95. The number of rotatable bonds is 12. The van der Waals surface area contributed by atoms with E-state index in [1.807, 2.05) is 54.6 Å². The van der Waals surface area contributed by atoms with Crippen molar-refractivity contribution in [2.45, 2.75) is 45.6 Å². The van der Waals surface area contributed by atoms with Gasteiger partial charge in [-0.05, 0) is 42.3 Å². The van der Waals surface area contributed by atoms with Crippen molar-refractivity contribution in [1.82, 2.24) is 5.43 Å². The molecule has 0 saturated heterocycles. The lowest BCUT2D eigenvalue weighted by Crippen LogP contribution is -2.18. The maximum atomic E-state index is 12.5. The molecule has 2 amide bonds. The molecule has 2 N–H and O–H groups in total. The number of carbonyl (C=O) groups excluding carboxylic acids is 2. The summed E-state index contributed by atoms with van der Waals surface area (Å²) in [7, 11) is 0. The van der Waals surface area contributed by atoms with Crippen LogP contribution in [0.5, 0.6) is 5.75 Å². The normalized spacial score (nSPS) is 10.7. The summed E-state index contributed by atoms with van der Waals surface area (Å²) >= 11 is 0. The van der Waals surface area contributed by atoms with Crippen LogP contribution in [-0.4, -0.2) is 18.0 Å². The smallest absolute Gasteiger partial charge is 0.271 e. The summed E-state index contributed by atoms with van der Waals surface area (Å²) < 4.78 is 5.92. The number of anilines is 1. The first kappa shape index (κ1) is 24.7. The van der Waals surface area contributed by atoms with E-state index < -0.39 is 0 Å². The van der Waals surface area contributed by atoms with Crippen molar-refractivity contribution in [2.24, 2.45) is 5.10 Å². The summed E-state index contributed by atoms with van der Waals surface area (Å²) in [6.45, 7) is 2.58. The molecule has 3 aromatic rings. The highest BCUT2D eigenvalue weighted by molar-refractivity contribution is 5.97. The molecule has 0 aliphatic heterocycles. The molecule has 0 aliphatic carbocycles. The Hall–Kier alpha value is -3.93. The summed E-state index contributed by atoms with van der Waals surface area (Å²) in [5.41, 5.74) is 5.36. The van der Waals surface area contributed by atoms with Crippen LogP contribution in [0.2, 0.25) is 0 Å². The molecule has 6 heteroatoms. The highest BCUT2D eigenvalue weighted by Crippen LogP contribution is 2.18. The fourth-order valence-corrected chi connectivity index (χ4v) is 3.35. The van der Waals surface area contributed by atoms with E-state index in [1.165, 1.54) is 0 Å². The maximum absolute atomic E-state index is 12.5. The van der Waals surface area contributed by atoms with Crippen LogP contribution >= 0.6 is 0 Å². The third-order valence-corrected chi connectivity index (χ3v) is 5.19. The molecule has 0 bridgehead atoms. The van der Waals surface area contributed by atoms with Crippen molar-refractivity contribution in [1.29, 1.82) is 0 Å². The summed E-state index contributed by atoms with van der Waals surface area (Å²) in [6.07, 6.45) is 6.21. The van der Waals surface area contributed by atoms with Crippen molar-refractivity contribution in [3.05, 3.63) is 95.6 Å². The molecule has 0 aromatic heterocycles. The molecule has 3 rings (SSSR count). The number of carbonyl (C=O) groups is 2. The first-order valence-corrected chi connectivity index (χ1v) is 11.6. The Bertz CT molecular complexity index is 1100. The molecule has 0 saturated carbocycles. The van der Waals surface area contributed by atoms with E-state index >= 15 is 0 Å². The van der Waals surface area contributed by atoms with Gasteiger partial charge in [-0.1, -0.05) is 74.7 Å². The molecule has 176 valence electrons. The van der Waals surface area contributed by atoms with E-state index in [2.05, 4.69) is 22.8 Å². The van der Waals surface area contributed by atoms with Crippen molar-refractivity contribution in [3.63, 3.8) is 0 Å². The lowest BCUT2D eigenvalue weighted by Gasteiger charge is -2.09. The van der Waals surface area contributed by atoms with Gasteiger partial charge in [0.25, 0.3) is 5.91 Å². The van der Waals surface area contributed by atoms with Crippen LogP contribution in [0.25, 0.3) is 0 Å². The number of ether oxygens (including phenoxy) is 1. The van der Waals surface area contributed by atoms with E-state index in [1.54, 1.807) is 30.5 Å². The van der Waals surface area contributed by atoms with Gasteiger partial charge < -0.3 is 10.1 Å². The van der Waals surface area contributed by atoms with E-state index in [9.17, 15) is 9.59 Å². The zero-order chi connectivity index (χ0) is 24.0. The molecular formula is C28H31N3O3. The number of hydrazone groups is 1. The van der Waals surface area contributed by atoms with Gasteiger partial charge in [0, 0.05) is 23.2 Å². The molecule has 3 aromatic carbocycles. The molecule has 0 unspecified atom stereocenters. The number of nitrogens with zero attached hydrogens (tertiary/aromatic N) is 1. The average molecular weight is 458 g/mol. The van der Waals surface area contributed by atoms with Gasteiger partial charge in [0.15, 0.2) is 0 Å². The lowest BCUT2D eigenvalue weighted by atomic mass is 10.1. The third-order valence-electron chi connectivity index (χ3n) is 5.19. The second kappa shape index (κ2) is 13.6. The number of amides is 2. The Labute approximate surface area is 201 Å². The van der Waals surface area contributed by atoms with Gasteiger partial charge in [-0.15, -0.1) is 0 Å². The second-order valence-corrected chi connectivity index (χ2v) is 7.95. The van der Waals surface area contributed by atoms with E-state index in [0.29, 0.717) is 30.0 Å². The third kappa shape index (κ3) is 8.20. The quantitative estimate of drug-likeness (QED) is 0.201. The minimum Gasteiger partial charge on any atom is -0.488 e. The fraction of sp³-hybridized carbons (Fsp3) is 0.250. The predicted molar refractivity (Wildman–Crippen MR) is 136 cm³/mol. The number of unbranched alkanes of at least 4 members (excludes halogenated alkanes) is 3. The molecule has 6 nitrogen and oxygen atoms in total. The van der Waals surface area contributed by atoms with Crippen molar-refractivity contribution in [2.75, 3.05) is 5.32 Å². The van der Waals surface area contributed by atoms with Crippen LogP contribution in [0.3, 0.4) is 0 Å². The van der Waals surface area contributed by atoms with Gasteiger partial charge in [0.2, 0.25) is 5.91 Å². The van der Waals surface area contributed by atoms with Crippen molar-refractivity contribution < 1.29 is 14.3 Å². The lowest BCUT2D eigenvalue weighted by molar-refractivity contribution is -0.116. The molecular weight excluding hydrogens is 426 g/mol. The Morgan fingerprint density at radius 1 is 0.912 bits per heavy atom. The highest BCUT2D eigenvalue weighted by atomic mass is 16.5. The van der Waals surface area contributed by atoms with Crippen LogP contribution in [0.4, 0.5) is 5.69 Å². The topological polar surface area (TPSA) is 79.8 Å². The molecule has 0 heterocycles. The Kier molecular flexibility index (Phi) is 9.87.